The van der Waals surface area contributed by atoms with Crippen LogP contribution in [0.4, 0.5) is 0 Å². The van der Waals surface area contributed by atoms with Crippen LogP contribution in [0.25, 0.3) is 0 Å². The van der Waals surface area contributed by atoms with Gasteiger partial charge < -0.3 is 10.4 Å². The van der Waals surface area contributed by atoms with Gasteiger partial charge in [0.25, 0.3) is 0 Å². The van der Waals surface area contributed by atoms with Gasteiger partial charge in [0, 0.05) is 17.6 Å². The van der Waals surface area contributed by atoms with E-state index in [2.05, 4.69) is 39.1 Å². The highest BCUT2D eigenvalue weighted by Crippen LogP contribution is 2.32. The van der Waals surface area contributed by atoms with Crippen LogP contribution in [-0.2, 0) is 0 Å². The number of nitrogens with one attached hydrogen (secondary N) is 1. The Morgan fingerprint density at radius 3 is 2.74 bits per heavy atom. The summed E-state index contributed by atoms with van der Waals surface area (Å²) in [6.07, 6.45) is 3.92. The zero-order valence-corrected chi connectivity index (χ0v) is 12.6. The van der Waals surface area contributed by atoms with Crippen molar-refractivity contribution in [2.75, 3.05) is 0 Å². The Morgan fingerprint density at radius 1 is 1.26 bits per heavy atom. The lowest BCUT2D eigenvalue weighted by molar-refractivity contribution is 0.195. The molecule has 106 valence electrons. The molecule has 2 N–H and O–H groups in total. The smallest absolute Gasteiger partial charge is 0.120 e. The monoisotopic (exact) mass is 261 g/mol. The van der Waals surface area contributed by atoms with Gasteiger partial charge in [0.15, 0.2) is 0 Å². The summed E-state index contributed by atoms with van der Waals surface area (Å²) in [5.74, 6) is 1.91. The normalized spacial score (nSPS) is 29.2. The quantitative estimate of drug-likeness (QED) is 0.855. The summed E-state index contributed by atoms with van der Waals surface area (Å²) in [5.41, 5.74) is 2.22. The van der Waals surface area contributed by atoms with E-state index in [1.165, 1.54) is 24.8 Å². The Hall–Kier alpha value is -1.02. The highest BCUT2D eigenvalue weighted by Gasteiger charge is 2.28. The van der Waals surface area contributed by atoms with Gasteiger partial charge in [-0.1, -0.05) is 44.4 Å². The highest BCUT2D eigenvalue weighted by molar-refractivity contribution is 5.37. The second-order valence-electron chi connectivity index (χ2n) is 6.32. The minimum absolute atomic E-state index is 0.206. The van der Waals surface area contributed by atoms with Gasteiger partial charge in [-0.15, -0.1) is 0 Å². The number of rotatable bonds is 3. The molecular weight excluding hydrogens is 234 g/mol. The summed E-state index contributed by atoms with van der Waals surface area (Å²) in [6.45, 7) is 8.93. The van der Waals surface area contributed by atoms with Crippen LogP contribution >= 0.6 is 0 Å². The molecule has 0 amide bonds. The maximum Gasteiger partial charge on any atom is 0.120 e. The van der Waals surface area contributed by atoms with E-state index in [0.717, 1.165) is 11.5 Å². The Kier molecular flexibility index (Phi) is 4.51. The lowest BCUT2D eigenvalue weighted by Gasteiger charge is -2.36. The first-order chi connectivity index (χ1) is 8.99. The van der Waals surface area contributed by atoms with Gasteiger partial charge in [0.2, 0.25) is 0 Å². The molecule has 4 atom stereocenters. The zero-order chi connectivity index (χ0) is 14.0. The van der Waals surface area contributed by atoms with Gasteiger partial charge >= 0.3 is 0 Å². The lowest BCUT2D eigenvalue weighted by Crippen LogP contribution is -2.41. The van der Waals surface area contributed by atoms with Crippen LogP contribution in [0.1, 0.15) is 57.2 Å². The van der Waals surface area contributed by atoms with Crippen molar-refractivity contribution in [2.24, 2.45) is 11.8 Å². The first-order valence-electron chi connectivity index (χ1n) is 7.54. The van der Waals surface area contributed by atoms with Gasteiger partial charge in [0.1, 0.15) is 5.75 Å². The molecule has 2 rings (SSSR count). The molecule has 1 aliphatic carbocycles. The SMILES string of the molecule is Cc1ccc(O)c(C(C)NC2CCCC(C)C2C)c1. The number of phenols is 1. The van der Waals surface area contributed by atoms with E-state index < -0.39 is 0 Å². The van der Waals surface area contributed by atoms with Crippen molar-refractivity contribution in [2.45, 2.75) is 59.0 Å². The summed E-state index contributed by atoms with van der Waals surface area (Å²) in [4.78, 5) is 0. The molecule has 4 unspecified atom stereocenters. The number of hydrogen-bond donors (Lipinski definition) is 2. The van der Waals surface area contributed by atoms with Crippen LogP contribution in [-0.4, -0.2) is 11.1 Å². The maximum atomic E-state index is 10.0. The van der Waals surface area contributed by atoms with Crippen molar-refractivity contribution in [3.63, 3.8) is 0 Å². The second-order valence-corrected chi connectivity index (χ2v) is 6.32. The molecule has 0 spiro atoms. The fourth-order valence-electron chi connectivity index (χ4n) is 3.25. The molecule has 0 saturated heterocycles. The van der Waals surface area contributed by atoms with Gasteiger partial charge in [-0.3, -0.25) is 0 Å². The third kappa shape index (κ3) is 3.30. The number of aryl methyl sites for hydroxylation is 1. The minimum atomic E-state index is 0.206. The van der Waals surface area contributed by atoms with Crippen LogP contribution in [0.2, 0.25) is 0 Å². The van der Waals surface area contributed by atoms with E-state index in [1.54, 1.807) is 6.07 Å². The van der Waals surface area contributed by atoms with Crippen molar-refractivity contribution in [3.05, 3.63) is 29.3 Å². The molecule has 0 aromatic heterocycles. The molecule has 1 aliphatic rings. The van der Waals surface area contributed by atoms with Crippen LogP contribution in [0.5, 0.6) is 5.75 Å². The van der Waals surface area contributed by atoms with E-state index in [0.29, 0.717) is 17.7 Å². The Balaban J connectivity index is 2.08. The average molecular weight is 261 g/mol. The Labute approximate surface area is 117 Å². The largest absolute Gasteiger partial charge is 0.508 e. The average Bonchev–Trinajstić information content (AvgIpc) is 2.38. The van der Waals surface area contributed by atoms with Crippen molar-refractivity contribution in [3.8, 4) is 5.75 Å². The summed E-state index contributed by atoms with van der Waals surface area (Å²) in [6, 6.07) is 6.62. The minimum Gasteiger partial charge on any atom is -0.508 e. The number of benzene rings is 1. The molecule has 2 heteroatoms. The summed E-state index contributed by atoms with van der Waals surface area (Å²) < 4.78 is 0. The molecule has 1 aromatic rings. The number of hydrogen-bond acceptors (Lipinski definition) is 2. The van der Waals surface area contributed by atoms with Gasteiger partial charge in [-0.05, 0) is 38.2 Å². The maximum absolute atomic E-state index is 10.0. The molecule has 2 nitrogen and oxygen atoms in total. The Morgan fingerprint density at radius 2 is 2.00 bits per heavy atom. The topological polar surface area (TPSA) is 32.3 Å². The highest BCUT2D eigenvalue weighted by atomic mass is 16.3. The van der Waals surface area contributed by atoms with Crippen molar-refractivity contribution < 1.29 is 5.11 Å². The molecule has 1 aromatic carbocycles. The van der Waals surface area contributed by atoms with Gasteiger partial charge in [-0.2, -0.15) is 0 Å². The second kappa shape index (κ2) is 5.96. The molecule has 1 fully saturated rings. The van der Waals surface area contributed by atoms with Crippen molar-refractivity contribution in [1.82, 2.24) is 5.32 Å². The molecule has 0 heterocycles. The van der Waals surface area contributed by atoms with E-state index >= 15 is 0 Å². The van der Waals surface area contributed by atoms with Crippen LogP contribution in [0, 0.1) is 18.8 Å². The molecule has 0 bridgehead atoms. The first kappa shape index (κ1) is 14.4. The zero-order valence-electron chi connectivity index (χ0n) is 12.6. The van der Waals surface area contributed by atoms with Crippen molar-refractivity contribution >= 4 is 0 Å². The molecule has 0 radical (unpaired) electrons. The predicted octanol–water partition coefficient (Wildman–Crippen LogP) is 4.18. The van der Waals surface area contributed by atoms with Gasteiger partial charge in [0.05, 0.1) is 0 Å². The van der Waals surface area contributed by atoms with Crippen LogP contribution in [0.3, 0.4) is 0 Å². The molecular formula is C17H27NO. The lowest BCUT2D eigenvalue weighted by atomic mass is 9.77. The predicted molar refractivity (Wildman–Crippen MR) is 80.4 cm³/mol. The summed E-state index contributed by atoms with van der Waals surface area (Å²) in [5, 5.41) is 13.7. The third-order valence-corrected chi connectivity index (χ3v) is 4.82. The van der Waals surface area contributed by atoms with Crippen LogP contribution < -0.4 is 5.32 Å². The van der Waals surface area contributed by atoms with Crippen molar-refractivity contribution in [1.29, 1.82) is 0 Å². The summed E-state index contributed by atoms with van der Waals surface area (Å²) in [7, 11) is 0. The van der Waals surface area contributed by atoms with E-state index in [1.807, 2.05) is 6.07 Å². The Bertz CT molecular complexity index is 429. The van der Waals surface area contributed by atoms with Gasteiger partial charge in [-0.25, -0.2) is 0 Å². The molecule has 19 heavy (non-hydrogen) atoms. The van der Waals surface area contributed by atoms with E-state index in [9.17, 15) is 5.11 Å². The number of aromatic hydroxyl groups is 1. The fraction of sp³-hybridized carbons (Fsp3) is 0.647. The molecule has 0 aliphatic heterocycles. The molecule has 1 saturated carbocycles. The number of phenolic OH excluding ortho intramolecular Hbond substituents is 1. The third-order valence-electron chi connectivity index (χ3n) is 4.82. The fourth-order valence-corrected chi connectivity index (χ4v) is 3.25. The van der Waals surface area contributed by atoms with Crippen LogP contribution in [0.15, 0.2) is 18.2 Å². The van der Waals surface area contributed by atoms with E-state index in [4.69, 9.17) is 0 Å². The summed E-state index contributed by atoms with van der Waals surface area (Å²) >= 11 is 0. The first-order valence-corrected chi connectivity index (χ1v) is 7.54. The van der Waals surface area contributed by atoms with E-state index in [-0.39, 0.29) is 6.04 Å². The standard InChI is InChI=1S/C17H27NO/c1-11-8-9-17(19)15(10-11)14(4)18-16-7-5-6-12(2)13(16)3/h8-10,12-14,16,18-19H,5-7H2,1-4H3.